The molecule has 3 aliphatic rings. The van der Waals surface area contributed by atoms with E-state index < -0.39 is 205 Å². The molecule has 0 spiro atoms. The molecule has 2 aliphatic carbocycles. The molecule has 0 saturated carbocycles. The minimum Gasteiger partial charge on any atom is -0.507 e. The molecule has 1 aliphatic heterocycles. The van der Waals surface area contributed by atoms with E-state index in [-0.39, 0.29) is 97.6 Å². The van der Waals surface area contributed by atoms with Crippen LogP contribution >= 0.6 is 0 Å². The first-order valence-corrected chi connectivity index (χ1v) is 37.3. The Kier molecular flexibility index (Phi) is 30.4. The van der Waals surface area contributed by atoms with Crippen molar-refractivity contribution in [3.05, 3.63) is 159 Å². The summed E-state index contributed by atoms with van der Waals surface area (Å²) in [6.07, 6.45) is -9.38. The summed E-state index contributed by atoms with van der Waals surface area (Å²) in [4.78, 5) is 149. The van der Waals surface area contributed by atoms with Gasteiger partial charge in [0.05, 0.1) is 86.9 Å². The Morgan fingerprint density at radius 1 is 0.645 bits per heavy atom. The maximum Gasteiger partial charge on any atom is 0.251 e. The lowest BCUT2D eigenvalue weighted by Gasteiger charge is -2.44. The molecular weight excluding hydrogens is 1420 g/mol. The molecule has 5 aromatic rings. The lowest BCUT2D eigenvalue weighted by Crippen LogP contribution is -2.57. The number of hydrogen-bond donors (Lipinski definition) is 14. The number of carbonyl (C=O) groups is 10. The Morgan fingerprint density at radius 2 is 1.22 bits per heavy atom. The number of phenols is 2. The lowest BCUT2D eigenvalue weighted by molar-refractivity contribution is -0.271. The quantitative estimate of drug-likeness (QED) is 0.0190. The monoisotopic (exact) mass is 1530 g/mol. The van der Waals surface area contributed by atoms with Crippen molar-refractivity contribution >= 4 is 58.7 Å². The Balaban J connectivity index is 0.965. The zero-order valence-electron chi connectivity index (χ0n) is 63.9. The molecule has 14 N–H and O–H groups in total. The Morgan fingerprint density at radius 3 is 1.81 bits per heavy atom. The van der Waals surface area contributed by atoms with Gasteiger partial charge in [0.25, 0.3) is 5.91 Å². The molecule has 596 valence electrons. The third-order valence-corrected chi connectivity index (χ3v) is 20.1. The number of rotatable bonds is 37. The standard InChI is InChI=1S/C81H106N8O21/c1-44(2)33-57(78(104)85-42-64(96)87-56-38-65(108-47(6)71(56)97)109-60-40-81(106,61(93)43-92)39-54-67(60)75(101)69-68(73(54)99)72(98)53-27-20-28-58(107-10)66(53)74(69)100)88-62(94)37-55(49-23-16-12-17-24-49)86-63(95)41-84-77(103)52(35-51(76(102)82-29-31-90)34-46(5)48-21-14-11-15-22-48)36-59(79(105)83-30-32-91)110-89(80(7,8)9)70(45(3)4)50-25-18-13-19-26-50/h11-28,44-47,51-52,55-57,59-60,65,70-71,90-92,97,99,101,106H,29-43H2,1-10H3,(H,82,102)(H,83,105)(H,84,103)(H,85,104)(H,86,95)(H,87,96)(H,88,94). The van der Waals surface area contributed by atoms with Gasteiger partial charge in [-0.25, -0.2) is 0 Å². The third kappa shape index (κ3) is 21.5. The fourth-order valence-electron chi connectivity index (χ4n) is 14.6. The van der Waals surface area contributed by atoms with Crippen molar-refractivity contribution in [3.63, 3.8) is 0 Å². The predicted octanol–water partition coefficient (Wildman–Crippen LogP) is 4.39. The van der Waals surface area contributed by atoms with Crippen LogP contribution in [-0.2, 0) is 59.1 Å². The first kappa shape index (κ1) is 86.0. The summed E-state index contributed by atoms with van der Waals surface area (Å²) in [5.41, 5.74) is -3.13. The maximum absolute atomic E-state index is 15.1. The van der Waals surface area contributed by atoms with Gasteiger partial charge < -0.3 is 87.2 Å². The number of aliphatic hydroxyl groups is 5. The number of benzene rings is 5. The van der Waals surface area contributed by atoms with Gasteiger partial charge in [0.2, 0.25) is 41.2 Å². The van der Waals surface area contributed by atoms with Crippen molar-refractivity contribution < 1.29 is 103 Å². The minimum absolute atomic E-state index is 0.000418. The van der Waals surface area contributed by atoms with Crippen LogP contribution in [0.25, 0.3) is 0 Å². The zero-order valence-corrected chi connectivity index (χ0v) is 63.9. The summed E-state index contributed by atoms with van der Waals surface area (Å²) in [6.45, 7) is 13.3. The molecule has 1 fully saturated rings. The highest BCUT2D eigenvalue weighted by Crippen LogP contribution is 2.53. The van der Waals surface area contributed by atoms with E-state index in [0.717, 1.165) is 11.1 Å². The molecule has 13 atom stereocenters. The van der Waals surface area contributed by atoms with E-state index >= 15 is 4.79 Å². The van der Waals surface area contributed by atoms with Crippen molar-refractivity contribution in [3.8, 4) is 17.2 Å². The van der Waals surface area contributed by atoms with Gasteiger partial charge in [-0.15, -0.1) is 0 Å². The topological polar surface area (TPSA) is 437 Å². The first-order chi connectivity index (χ1) is 52.2. The van der Waals surface area contributed by atoms with Crippen molar-refractivity contribution in [1.29, 1.82) is 0 Å². The van der Waals surface area contributed by atoms with Crippen molar-refractivity contribution in [2.75, 3.05) is 53.1 Å². The van der Waals surface area contributed by atoms with Gasteiger partial charge in [-0.1, -0.05) is 138 Å². The number of methoxy groups -OCH3 is 1. The molecule has 110 heavy (non-hydrogen) atoms. The summed E-state index contributed by atoms with van der Waals surface area (Å²) >= 11 is 0. The van der Waals surface area contributed by atoms with E-state index in [9.17, 15) is 78.9 Å². The molecule has 5 aromatic carbocycles. The highest BCUT2D eigenvalue weighted by molar-refractivity contribution is 6.31. The largest absolute Gasteiger partial charge is 0.507 e. The number of ketones is 3. The number of aromatic hydroxyl groups is 2. The van der Waals surface area contributed by atoms with Gasteiger partial charge in [0.1, 0.15) is 41.6 Å². The number of hydrogen-bond acceptors (Lipinski definition) is 22. The summed E-state index contributed by atoms with van der Waals surface area (Å²) in [6, 6.07) is 27.7. The number of Topliss-reactive ketones (excluding diaryl/α,β-unsaturated/α-hetero) is 1. The Labute approximate surface area is 639 Å². The van der Waals surface area contributed by atoms with Crippen LogP contribution in [0.2, 0.25) is 0 Å². The van der Waals surface area contributed by atoms with Crippen molar-refractivity contribution in [2.45, 2.75) is 186 Å². The summed E-state index contributed by atoms with van der Waals surface area (Å²) < 4.78 is 17.7. The Bertz CT molecular complexity index is 4060. The van der Waals surface area contributed by atoms with Gasteiger partial charge in [0, 0.05) is 66.4 Å². The molecule has 0 aromatic heterocycles. The van der Waals surface area contributed by atoms with E-state index in [1.165, 1.54) is 32.2 Å². The number of phenolic OH excluding ortho intramolecular Hbond substituents is 2. The number of ether oxygens (including phenoxy) is 3. The number of hydroxylamine groups is 2. The van der Waals surface area contributed by atoms with E-state index in [1.54, 1.807) is 49.2 Å². The van der Waals surface area contributed by atoms with E-state index in [0.29, 0.717) is 5.56 Å². The normalized spacial score (nSPS) is 20.1. The van der Waals surface area contributed by atoms with Crippen LogP contribution in [0.5, 0.6) is 17.2 Å². The first-order valence-electron chi connectivity index (χ1n) is 37.3. The fourth-order valence-corrected chi connectivity index (χ4v) is 14.6. The molecule has 8 rings (SSSR count). The van der Waals surface area contributed by atoms with Crippen LogP contribution in [0, 0.1) is 23.7 Å². The molecule has 29 heteroatoms. The molecule has 7 amide bonds. The second-order valence-corrected chi connectivity index (χ2v) is 30.2. The van der Waals surface area contributed by atoms with Crippen LogP contribution in [0.15, 0.2) is 109 Å². The summed E-state index contributed by atoms with van der Waals surface area (Å²) in [5.74, 6) is -12.0. The van der Waals surface area contributed by atoms with Gasteiger partial charge in [-0.2, -0.15) is 5.06 Å². The molecule has 29 nitrogen and oxygen atoms in total. The molecule has 1 saturated heterocycles. The maximum atomic E-state index is 15.1. The highest BCUT2D eigenvalue weighted by Gasteiger charge is 2.51. The van der Waals surface area contributed by atoms with Crippen molar-refractivity contribution in [2.24, 2.45) is 23.7 Å². The fraction of sp³-hybridized carbons (Fsp3) is 0.506. The summed E-state index contributed by atoms with van der Waals surface area (Å²) in [7, 11) is 1.27. The third-order valence-electron chi connectivity index (χ3n) is 20.1. The van der Waals surface area contributed by atoms with Crippen LogP contribution in [0.4, 0.5) is 0 Å². The van der Waals surface area contributed by atoms with Gasteiger partial charge >= 0.3 is 0 Å². The number of amides is 7. The molecule has 13 unspecified atom stereocenters. The van der Waals surface area contributed by atoms with Crippen LogP contribution in [0.1, 0.15) is 191 Å². The number of carbonyl (C=O) groups excluding carboxylic acids is 10. The molecular formula is C81H106N8O21. The average Bonchev–Trinajstić information content (AvgIpc) is 0.709. The smallest absolute Gasteiger partial charge is 0.251 e. The number of nitrogens with one attached hydrogen (secondary N) is 7. The second-order valence-electron chi connectivity index (χ2n) is 30.2. The zero-order chi connectivity index (χ0) is 80.5. The van der Waals surface area contributed by atoms with E-state index in [4.69, 9.17) is 19.0 Å². The molecule has 1 heterocycles. The van der Waals surface area contributed by atoms with Crippen LogP contribution in [0.3, 0.4) is 0 Å². The van der Waals surface area contributed by atoms with Gasteiger partial charge in [-0.3, -0.25) is 52.8 Å². The highest BCUT2D eigenvalue weighted by atomic mass is 16.7. The number of aliphatic hydroxyl groups excluding tert-OH is 4. The van der Waals surface area contributed by atoms with Crippen LogP contribution < -0.4 is 42.0 Å². The number of fused-ring (bicyclic) bond motifs is 3. The minimum atomic E-state index is -2.47. The van der Waals surface area contributed by atoms with E-state index in [1.807, 2.05) is 102 Å². The average molecular weight is 1530 g/mol. The molecule has 0 bridgehead atoms. The van der Waals surface area contributed by atoms with Gasteiger partial charge in [0.15, 0.2) is 24.0 Å². The van der Waals surface area contributed by atoms with Gasteiger partial charge in [-0.05, 0) is 93.9 Å². The predicted molar refractivity (Wildman–Crippen MR) is 401 cm³/mol. The Hall–Kier alpha value is -9.56. The SMILES string of the molecule is COc1cccc2c1C(=O)c1c(O)c3c(c(O)c1C2=O)CC(O)(C(=O)CO)CC3OC1CC(NC(=O)CNC(=O)C(CC(C)C)NC(=O)CC(NC(=O)CNC(=O)C(CC(CC(C)c2ccccc2)C(=O)NCCO)CC(ON(C(c2ccccc2)C(C)C)C(C)(C)C)C(=O)NCCO)c2ccccc2)C(O)C(C)O1. The summed E-state index contributed by atoms with van der Waals surface area (Å²) in [5, 5.41) is 97.6. The number of nitrogens with zero attached hydrogens (tertiary/aromatic N) is 1. The van der Waals surface area contributed by atoms with E-state index in [2.05, 4.69) is 37.2 Å². The second kappa shape index (κ2) is 38.9. The van der Waals surface area contributed by atoms with Crippen molar-refractivity contribution in [1.82, 2.24) is 42.3 Å². The van der Waals surface area contributed by atoms with Crippen LogP contribution in [-0.4, -0.2) is 200 Å². The molecule has 0 radical (unpaired) electrons. The lowest BCUT2D eigenvalue weighted by atomic mass is 9.72.